The predicted molar refractivity (Wildman–Crippen MR) is 250 cm³/mol. The molecule has 11 rings (SSSR count). The highest BCUT2D eigenvalue weighted by Crippen LogP contribution is 2.59. The third kappa shape index (κ3) is 5.20. The fraction of sp³-hybridized carbons (Fsp3) is 0.0345. The first kappa shape index (κ1) is 37.2. The van der Waals surface area contributed by atoms with Gasteiger partial charge in [0, 0.05) is 15.9 Å². The van der Waals surface area contributed by atoms with E-state index in [4.69, 9.17) is 0 Å². The lowest BCUT2D eigenvalue weighted by molar-refractivity contribution is 0.592. The van der Waals surface area contributed by atoms with E-state index < -0.39 is 18.0 Å². The van der Waals surface area contributed by atoms with Gasteiger partial charge in [0.25, 0.3) is 0 Å². The molecule has 2 aliphatic rings. The van der Waals surface area contributed by atoms with Crippen LogP contribution in [0.4, 0.5) is 0 Å². The summed E-state index contributed by atoms with van der Waals surface area (Å²) in [6.45, 7) is 0. The Labute approximate surface area is 361 Å². The van der Waals surface area contributed by atoms with Crippen LogP contribution in [0.25, 0.3) is 22.3 Å². The third-order valence-electron chi connectivity index (χ3n) is 13.2. The zero-order valence-corrected chi connectivity index (χ0v) is 34.5. The van der Waals surface area contributed by atoms with Gasteiger partial charge in [-0.15, -0.1) is 0 Å². The zero-order valence-electron chi connectivity index (χ0n) is 33.6. The molecular weight excluding hydrogens is 772 g/mol. The highest BCUT2D eigenvalue weighted by Gasteiger charge is 2.49. The van der Waals surface area contributed by atoms with E-state index in [9.17, 15) is 10.5 Å². The SMILES string of the molecule is N#Cc1ccc2c(c1)C(c1ccccc1)(c1ccccc1)c1cc(P(=O)(c3ccccc3)c3ccc4c(c3)C(c3ccccc3)(c3ccccc3)c3cc(C#N)ccc3-4)ccc1-2. The maximum Gasteiger partial charge on any atom is 0.171 e. The van der Waals surface area contributed by atoms with Crippen molar-refractivity contribution in [1.82, 2.24) is 0 Å². The number of nitrogens with zero attached hydrogens (tertiary/aromatic N) is 2. The van der Waals surface area contributed by atoms with Crippen LogP contribution in [0, 0.1) is 22.7 Å². The number of hydrogen-bond acceptors (Lipinski definition) is 3. The van der Waals surface area contributed by atoms with Crippen LogP contribution in [0.5, 0.6) is 0 Å². The highest BCUT2D eigenvalue weighted by atomic mass is 31.2. The molecule has 9 aromatic rings. The van der Waals surface area contributed by atoms with Gasteiger partial charge in [-0.25, -0.2) is 0 Å². The second-order valence-corrected chi connectivity index (χ2v) is 18.9. The molecule has 0 N–H and O–H groups in total. The van der Waals surface area contributed by atoms with Gasteiger partial charge in [0.1, 0.15) is 0 Å². The Morgan fingerprint density at radius 3 is 0.935 bits per heavy atom. The zero-order chi connectivity index (χ0) is 41.9. The topological polar surface area (TPSA) is 64.7 Å². The third-order valence-corrected chi connectivity index (χ3v) is 16.2. The van der Waals surface area contributed by atoms with Gasteiger partial charge in [0.2, 0.25) is 0 Å². The normalized spacial score (nSPS) is 13.8. The van der Waals surface area contributed by atoms with E-state index in [0.717, 1.165) is 82.7 Å². The van der Waals surface area contributed by atoms with Crippen LogP contribution in [0.3, 0.4) is 0 Å². The number of benzene rings is 9. The summed E-state index contributed by atoms with van der Waals surface area (Å²) in [5.74, 6) is 0. The molecule has 0 atom stereocenters. The smallest absolute Gasteiger partial charge is 0.171 e. The minimum Gasteiger partial charge on any atom is -0.309 e. The predicted octanol–water partition coefficient (Wildman–Crippen LogP) is 11.8. The van der Waals surface area contributed by atoms with Gasteiger partial charge in [0.15, 0.2) is 7.14 Å². The summed E-state index contributed by atoms with van der Waals surface area (Å²) in [4.78, 5) is 0. The molecule has 0 aromatic heterocycles. The van der Waals surface area contributed by atoms with E-state index in [2.05, 4.69) is 158 Å². The van der Waals surface area contributed by atoms with E-state index in [-0.39, 0.29) is 0 Å². The van der Waals surface area contributed by atoms with Crippen molar-refractivity contribution in [3.8, 4) is 34.4 Å². The van der Waals surface area contributed by atoms with Crippen LogP contribution in [-0.2, 0) is 15.4 Å². The molecular formula is C58H37N2OP. The first-order valence-corrected chi connectivity index (χ1v) is 22.5. The van der Waals surface area contributed by atoms with Gasteiger partial charge in [-0.3, -0.25) is 0 Å². The Balaban J connectivity index is 1.22. The van der Waals surface area contributed by atoms with Crippen molar-refractivity contribution in [2.45, 2.75) is 10.8 Å². The molecule has 62 heavy (non-hydrogen) atoms. The van der Waals surface area contributed by atoms with E-state index >= 15 is 4.57 Å². The molecule has 0 saturated carbocycles. The minimum absolute atomic E-state index is 0.587. The molecule has 0 amide bonds. The lowest BCUT2D eigenvalue weighted by atomic mass is 9.67. The molecule has 0 saturated heterocycles. The van der Waals surface area contributed by atoms with E-state index in [1.54, 1.807) is 0 Å². The Kier molecular flexibility index (Phi) is 8.66. The first-order chi connectivity index (χ1) is 30.5. The second kappa shape index (κ2) is 14.4. The van der Waals surface area contributed by atoms with Crippen LogP contribution in [0.2, 0.25) is 0 Å². The molecule has 4 heteroatoms. The fourth-order valence-corrected chi connectivity index (χ4v) is 13.2. The van der Waals surface area contributed by atoms with Gasteiger partial charge in [-0.05, 0) is 103 Å². The van der Waals surface area contributed by atoms with Crippen molar-refractivity contribution in [1.29, 1.82) is 10.5 Å². The number of rotatable bonds is 7. The summed E-state index contributed by atoms with van der Waals surface area (Å²) in [5, 5.41) is 22.6. The summed E-state index contributed by atoms with van der Waals surface area (Å²) < 4.78 is 17.0. The van der Waals surface area contributed by atoms with E-state index in [1.165, 1.54) is 0 Å². The summed E-state index contributed by atoms with van der Waals surface area (Å²) in [7, 11) is -3.65. The van der Waals surface area contributed by atoms with Gasteiger partial charge in [0.05, 0.1) is 34.1 Å². The van der Waals surface area contributed by atoms with Crippen molar-refractivity contribution in [3.05, 3.63) is 280 Å². The molecule has 2 aliphatic carbocycles. The average Bonchev–Trinajstić information content (AvgIpc) is 3.81. The molecule has 0 aliphatic heterocycles. The van der Waals surface area contributed by atoms with Gasteiger partial charge in [-0.2, -0.15) is 10.5 Å². The van der Waals surface area contributed by atoms with Crippen LogP contribution in [0.1, 0.15) is 55.6 Å². The van der Waals surface area contributed by atoms with E-state index in [0.29, 0.717) is 11.1 Å². The molecule has 9 aromatic carbocycles. The minimum atomic E-state index is -3.65. The molecule has 0 spiro atoms. The van der Waals surface area contributed by atoms with Gasteiger partial charge >= 0.3 is 0 Å². The van der Waals surface area contributed by atoms with E-state index in [1.807, 2.05) is 78.9 Å². The maximum absolute atomic E-state index is 17.0. The van der Waals surface area contributed by atoms with Crippen molar-refractivity contribution < 1.29 is 4.57 Å². The Morgan fingerprint density at radius 1 is 0.323 bits per heavy atom. The van der Waals surface area contributed by atoms with Crippen LogP contribution < -0.4 is 15.9 Å². The molecule has 0 bridgehead atoms. The Hall–Kier alpha value is -7.81. The molecule has 0 unspecified atom stereocenters. The van der Waals surface area contributed by atoms with Gasteiger partial charge in [-0.1, -0.05) is 188 Å². The Morgan fingerprint density at radius 2 is 0.613 bits per heavy atom. The standard InChI is InChI=1S/C58H37N2OP/c59-38-40-26-30-49-51-32-28-47(36-55(51)57(53(49)34-40,42-16-6-1-7-17-42)43-18-8-2-9-19-43)62(61,46-24-14-5-15-25-46)48-29-33-52-50-31-27-41(39-60)35-54(50)58(56(52)37-48,44-20-10-3-11-21-44)45-22-12-4-13-23-45/h1-37H. The van der Waals surface area contributed by atoms with Crippen LogP contribution in [0.15, 0.2) is 224 Å². The van der Waals surface area contributed by atoms with Crippen LogP contribution in [-0.4, -0.2) is 0 Å². The van der Waals surface area contributed by atoms with Crippen molar-refractivity contribution >= 4 is 23.1 Å². The number of fused-ring (bicyclic) bond motifs is 6. The summed E-state index contributed by atoms with van der Waals surface area (Å²) >= 11 is 0. The lowest BCUT2D eigenvalue weighted by Gasteiger charge is -2.35. The summed E-state index contributed by atoms with van der Waals surface area (Å²) in [6.07, 6.45) is 0. The lowest BCUT2D eigenvalue weighted by Crippen LogP contribution is -2.32. The van der Waals surface area contributed by atoms with Crippen molar-refractivity contribution in [3.63, 3.8) is 0 Å². The molecule has 290 valence electrons. The van der Waals surface area contributed by atoms with Crippen molar-refractivity contribution in [2.24, 2.45) is 0 Å². The largest absolute Gasteiger partial charge is 0.309 e. The first-order valence-electron chi connectivity index (χ1n) is 20.8. The van der Waals surface area contributed by atoms with Crippen LogP contribution >= 0.6 is 7.14 Å². The number of nitriles is 2. The van der Waals surface area contributed by atoms with Crippen molar-refractivity contribution in [2.75, 3.05) is 0 Å². The molecule has 3 nitrogen and oxygen atoms in total. The summed E-state index contributed by atoms with van der Waals surface area (Å²) in [5.41, 5.74) is 12.1. The second-order valence-electron chi connectivity index (χ2n) is 16.1. The van der Waals surface area contributed by atoms with Gasteiger partial charge < -0.3 is 4.57 Å². The maximum atomic E-state index is 17.0. The molecule has 0 heterocycles. The molecule has 0 radical (unpaired) electrons. The molecule has 0 fully saturated rings. The average molecular weight is 809 g/mol. The Bertz CT molecular complexity index is 3050. The quantitative estimate of drug-likeness (QED) is 0.151. The number of hydrogen-bond donors (Lipinski definition) is 0. The monoisotopic (exact) mass is 808 g/mol. The highest BCUT2D eigenvalue weighted by molar-refractivity contribution is 7.85. The fourth-order valence-electron chi connectivity index (χ4n) is 10.6. The summed E-state index contributed by atoms with van der Waals surface area (Å²) in [6, 6.07) is 81.5.